The zero-order valence-corrected chi connectivity index (χ0v) is 18.0. The smallest absolute Gasteiger partial charge is 0.237 e. The van der Waals surface area contributed by atoms with E-state index in [-0.39, 0.29) is 48.1 Å². The minimum absolute atomic E-state index is 0. The van der Waals surface area contributed by atoms with Crippen LogP contribution in [0.2, 0.25) is 0 Å². The summed E-state index contributed by atoms with van der Waals surface area (Å²) in [5.74, 6) is 0.349. The molecule has 2 heterocycles. The van der Waals surface area contributed by atoms with Gasteiger partial charge in [-0.3, -0.25) is 14.5 Å². The summed E-state index contributed by atoms with van der Waals surface area (Å²) in [6, 6.07) is 0.274. The van der Waals surface area contributed by atoms with Gasteiger partial charge in [0.15, 0.2) is 0 Å². The van der Waals surface area contributed by atoms with Crippen LogP contribution >= 0.6 is 24.8 Å². The number of ether oxygens (including phenoxy) is 1. The van der Waals surface area contributed by atoms with Gasteiger partial charge in [-0.05, 0) is 45.7 Å². The Kier molecular flexibility index (Phi) is 9.79. The summed E-state index contributed by atoms with van der Waals surface area (Å²) >= 11 is 0. The zero-order chi connectivity index (χ0) is 17.9. The molecular weight excluding hydrogens is 391 g/mol. The van der Waals surface area contributed by atoms with E-state index in [0.717, 1.165) is 51.9 Å². The highest BCUT2D eigenvalue weighted by atomic mass is 35.5. The third-order valence-electron chi connectivity index (χ3n) is 5.89. The van der Waals surface area contributed by atoms with Crippen LogP contribution in [0.15, 0.2) is 0 Å². The summed E-state index contributed by atoms with van der Waals surface area (Å²) in [5.41, 5.74) is -0.378. The van der Waals surface area contributed by atoms with E-state index in [2.05, 4.69) is 15.5 Å². The Balaban J connectivity index is 0.00000182. The molecule has 1 atom stereocenters. The standard InChI is InChI=1S/C18H32N4O3.2ClH/c1-14(16(23)20-15-3-4-15)21-9-11-22(12-10-21)17(24)18(13-25-2)5-7-19-8-6-18;;/h14-15,19H,3-13H2,1-2H3,(H,20,23);2*1H. The monoisotopic (exact) mass is 424 g/mol. The van der Waals surface area contributed by atoms with Gasteiger partial charge in [-0.2, -0.15) is 0 Å². The molecule has 9 heteroatoms. The van der Waals surface area contributed by atoms with Crippen molar-refractivity contribution in [2.45, 2.75) is 44.7 Å². The number of amides is 2. The van der Waals surface area contributed by atoms with Gasteiger partial charge in [0.25, 0.3) is 0 Å². The molecule has 2 saturated heterocycles. The lowest BCUT2D eigenvalue weighted by Crippen LogP contribution is -2.59. The first-order chi connectivity index (χ1) is 12.1. The summed E-state index contributed by atoms with van der Waals surface area (Å²) in [6.45, 7) is 7.10. The largest absolute Gasteiger partial charge is 0.384 e. The van der Waals surface area contributed by atoms with Gasteiger partial charge in [-0.25, -0.2) is 0 Å². The molecule has 2 N–H and O–H groups in total. The van der Waals surface area contributed by atoms with Crippen LogP contribution in [-0.2, 0) is 14.3 Å². The summed E-state index contributed by atoms with van der Waals surface area (Å²) in [4.78, 5) is 29.6. The van der Waals surface area contributed by atoms with Crippen LogP contribution < -0.4 is 10.6 Å². The van der Waals surface area contributed by atoms with Gasteiger partial charge in [0.05, 0.1) is 18.1 Å². The molecule has 2 aliphatic heterocycles. The number of carbonyl (C=O) groups is 2. The average molecular weight is 425 g/mol. The Morgan fingerprint density at radius 1 is 1.15 bits per heavy atom. The number of piperidine rings is 1. The van der Waals surface area contributed by atoms with Gasteiger partial charge in [0, 0.05) is 39.3 Å². The molecule has 158 valence electrons. The average Bonchev–Trinajstić information content (AvgIpc) is 3.45. The number of nitrogens with zero attached hydrogens (tertiary/aromatic N) is 2. The molecule has 0 aromatic carbocycles. The molecule has 3 rings (SSSR count). The minimum Gasteiger partial charge on any atom is -0.384 e. The van der Waals surface area contributed by atoms with Gasteiger partial charge in [-0.15, -0.1) is 24.8 Å². The van der Waals surface area contributed by atoms with E-state index in [1.54, 1.807) is 7.11 Å². The molecule has 0 spiro atoms. The van der Waals surface area contributed by atoms with Crippen LogP contribution in [0.4, 0.5) is 0 Å². The number of halogens is 2. The van der Waals surface area contributed by atoms with E-state index in [1.165, 1.54) is 0 Å². The molecule has 0 aromatic rings. The third kappa shape index (κ3) is 5.94. The van der Waals surface area contributed by atoms with E-state index in [0.29, 0.717) is 25.7 Å². The Morgan fingerprint density at radius 2 is 1.74 bits per heavy atom. The van der Waals surface area contributed by atoms with Crippen LogP contribution in [0.25, 0.3) is 0 Å². The molecule has 3 aliphatic rings. The summed E-state index contributed by atoms with van der Waals surface area (Å²) < 4.78 is 5.39. The Bertz CT molecular complexity index is 485. The van der Waals surface area contributed by atoms with E-state index in [4.69, 9.17) is 4.74 Å². The lowest BCUT2D eigenvalue weighted by Gasteiger charge is -2.43. The Morgan fingerprint density at radius 3 is 2.26 bits per heavy atom. The van der Waals surface area contributed by atoms with Gasteiger partial charge >= 0.3 is 0 Å². The second-order valence-corrected chi connectivity index (χ2v) is 7.75. The van der Waals surface area contributed by atoms with Crippen LogP contribution in [0, 0.1) is 5.41 Å². The van der Waals surface area contributed by atoms with Crippen molar-refractivity contribution in [3.63, 3.8) is 0 Å². The van der Waals surface area contributed by atoms with Crippen molar-refractivity contribution in [3.8, 4) is 0 Å². The summed E-state index contributed by atoms with van der Waals surface area (Å²) in [5, 5.41) is 6.41. The molecule has 0 bridgehead atoms. The summed E-state index contributed by atoms with van der Waals surface area (Å²) in [6.07, 6.45) is 3.88. The SMILES string of the molecule is COCC1(C(=O)N2CCN(C(C)C(=O)NC3CC3)CC2)CCNCC1.Cl.Cl. The van der Waals surface area contributed by atoms with Gasteiger partial charge in [0.1, 0.15) is 0 Å². The normalized spacial score (nSPS) is 23.6. The van der Waals surface area contributed by atoms with Crippen LogP contribution in [-0.4, -0.2) is 86.7 Å². The maximum absolute atomic E-state index is 13.1. The Labute approximate surface area is 174 Å². The van der Waals surface area contributed by atoms with E-state index in [9.17, 15) is 9.59 Å². The van der Waals surface area contributed by atoms with Crippen molar-refractivity contribution < 1.29 is 14.3 Å². The molecule has 0 radical (unpaired) electrons. The number of carbonyl (C=O) groups excluding carboxylic acids is 2. The molecule has 1 aliphatic carbocycles. The molecule has 27 heavy (non-hydrogen) atoms. The third-order valence-corrected chi connectivity index (χ3v) is 5.89. The summed E-state index contributed by atoms with van der Waals surface area (Å²) in [7, 11) is 1.68. The fourth-order valence-corrected chi connectivity index (χ4v) is 3.96. The maximum atomic E-state index is 13.1. The molecule has 3 fully saturated rings. The number of piperazine rings is 1. The van der Waals surface area contributed by atoms with Crippen molar-refractivity contribution in [1.82, 2.24) is 20.4 Å². The first-order valence-corrected chi connectivity index (χ1v) is 9.59. The second kappa shape index (κ2) is 10.8. The molecule has 0 aromatic heterocycles. The Hall–Kier alpha value is -0.600. The van der Waals surface area contributed by atoms with Gasteiger partial charge < -0.3 is 20.3 Å². The highest BCUT2D eigenvalue weighted by Gasteiger charge is 2.43. The molecule has 1 saturated carbocycles. The topological polar surface area (TPSA) is 73.9 Å². The van der Waals surface area contributed by atoms with E-state index >= 15 is 0 Å². The predicted octanol–water partition coefficient (Wildman–Crippen LogP) is 0.657. The molecule has 1 unspecified atom stereocenters. The number of methoxy groups -OCH3 is 1. The molecule has 2 amide bonds. The van der Waals surface area contributed by atoms with Crippen molar-refractivity contribution in [2.24, 2.45) is 5.41 Å². The van der Waals surface area contributed by atoms with Crippen molar-refractivity contribution in [3.05, 3.63) is 0 Å². The maximum Gasteiger partial charge on any atom is 0.237 e. The first-order valence-electron chi connectivity index (χ1n) is 9.59. The number of nitrogens with one attached hydrogen (secondary N) is 2. The van der Waals surface area contributed by atoms with Gasteiger partial charge in [-0.1, -0.05) is 0 Å². The highest BCUT2D eigenvalue weighted by Crippen LogP contribution is 2.32. The molecular formula is C18H34Cl2N4O3. The fraction of sp³-hybridized carbons (Fsp3) is 0.889. The van der Waals surface area contributed by atoms with Crippen LogP contribution in [0.3, 0.4) is 0 Å². The number of hydrogen-bond donors (Lipinski definition) is 2. The van der Waals surface area contributed by atoms with Crippen molar-refractivity contribution in [2.75, 3.05) is 53.0 Å². The van der Waals surface area contributed by atoms with Crippen molar-refractivity contribution >= 4 is 36.6 Å². The predicted molar refractivity (Wildman–Crippen MR) is 110 cm³/mol. The van der Waals surface area contributed by atoms with Gasteiger partial charge in [0.2, 0.25) is 11.8 Å². The van der Waals surface area contributed by atoms with E-state index < -0.39 is 0 Å². The molecule has 7 nitrogen and oxygen atoms in total. The zero-order valence-electron chi connectivity index (χ0n) is 16.4. The highest BCUT2D eigenvalue weighted by molar-refractivity contribution is 5.86. The number of hydrogen-bond acceptors (Lipinski definition) is 5. The first kappa shape index (κ1) is 24.4. The lowest BCUT2D eigenvalue weighted by atomic mass is 9.78. The fourth-order valence-electron chi connectivity index (χ4n) is 3.96. The van der Waals surface area contributed by atoms with Crippen LogP contribution in [0.5, 0.6) is 0 Å². The minimum atomic E-state index is -0.378. The van der Waals surface area contributed by atoms with E-state index in [1.807, 2.05) is 11.8 Å². The van der Waals surface area contributed by atoms with Crippen molar-refractivity contribution in [1.29, 1.82) is 0 Å². The lowest BCUT2D eigenvalue weighted by molar-refractivity contribution is -0.150. The van der Waals surface area contributed by atoms with Crippen LogP contribution in [0.1, 0.15) is 32.6 Å². The number of rotatable bonds is 6. The second-order valence-electron chi connectivity index (χ2n) is 7.75. The quantitative estimate of drug-likeness (QED) is 0.654.